The number of nitrogens with zero attached hydrogens (tertiary/aromatic N) is 4. The van der Waals surface area contributed by atoms with Gasteiger partial charge in [0, 0.05) is 47.0 Å². The fourth-order valence-corrected chi connectivity index (χ4v) is 4.85. The van der Waals surface area contributed by atoms with E-state index in [1.807, 2.05) is 46.1 Å². The molecule has 0 saturated carbocycles. The molecule has 1 N–H and O–H groups in total. The number of imidazole rings is 1. The van der Waals surface area contributed by atoms with Gasteiger partial charge in [0.15, 0.2) is 0 Å². The second-order valence-electron chi connectivity index (χ2n) is 8.61. The number of carbonyl (C=O) groups is 1. The van der Waals surface area contributed by atoms with Crippen LogP contribution in [0, 0.1) is 0 Å². The van der Waals surface area contributed by atoms with Gasteiger partial charge in [0.05, 0.1) is 11.7 Å². The molecule has 4 aromatic rings. The van der Waals surface area contributed by atoms with E-state index in [-0.39, 0.29) is 18.0 Å². The summed E-state index contributed by atoms with van der Waals surface area (Å²) in [6.07, 6.45) is 5.22. The summed E-state index contributed by atoms with van der Waals surface area (Å²) in [6, 6.07) is 18.3. The van der Waals surface area contributed by atoms with Crippen LogP contribution < -0.4 is 0 Å². The van der Waals surface area contributed by atoms with Crippen LogP contribution in [-0.4, -0.2) is 37.1 Å². The Bertz CT molecular complexity index is 1250. The number of aryl methyl sites for hydroxylation is 1. The van der Waals surface area contributed by atoms with E-state index in [1.54, 1.807) is 6.20 Å². The molecular formula is C26H26BrN5O. The first kappa shape index (κ1) is 21.6. The topological polar surface area (TPSA) is 66.8 Å². The Morgan fingerprint density at radius 1 is 1.09 bits per heavy atom. The van der Waals surface area contributed by atoms with E-state index in [2.05, 4.69) is 64.0 Å². The van der Waals surface area contributed by atoms with Crippen LogP contribution in [0.3, 0.4) is 0 Å². The molecular weight excluding hydrogens is 478 g/mol. The minimum atomic E-state index is -0.181. The van der Waals surface area contributed by atoms with Gasteiger partial charge in [-0.3, -0.25) is 9.48 Å². The highest BCUT2D eigenvalue weighted by Gasteiger charge is 2.43. The van der Waals surface area contributed by atoms with Gasteiger partial charge in [-0.15, -0.1) is 0 Å². The van der Waals surface area contributed by atoms with Gasteiger partial charge >= 0.3 is 0 Å². The van der Waals surface area contributed by atoms with Gasteiger partial charge in [0.1, 0.15) is 11.5 Å². The van der Waals surface area contributed by atoms with Crippen molar-refractivity contribution >= 4 is 21.8 Å². The van der Waals surface area contributed by atoms with Crippen LogP contribution in [0.2, 0.25) is 0 Å². The first-order valence-corrected chi connectivity index (χ1v) is 12.1. The van der Waals surface area contributed by atoms with Gasteiger partial charge in [0.25, 0.3) is 5.91 Å². The molecule has 0 fully saturated rings. The summed E-state index contributed by atoms with van der Waals surface area (Å²) in [5, 5.41) is 4.95. The zero-order chi connectivity index (χ0) is 22.9. The number of carbonyl (C=O) groups excluding carboxylic acids is 1. The van der Waals surface area contributed by atoms with Crippen LogP contribution >= 0.6 is 15.9 Å². The number of benzene rings is 2. The predicted octanol–water partition coefficient (Wildman–Crippen LogP) is 5.79. The van der Waals surface area contributed by atoms with E-state index in [4.69, 9.17) is 5.10 Å². The number of nitrogens with one attached hydrogen (secondary N) is 1. The van der Waals surface area contributed by atoms with Gasteiger partial charge in [-0.2, -0.15) is 5.10 Å². The monoisotopic (exact) mass is 503 g/mol. The highest BCUT2D eigenvalue weighted by Crippen LogP contribution is 2.44. The zero-order valence-corrected chi connectivity index (χ0v) is 20.3. The molecule has 1 aliphatic rings. The third-order valence-corrected chi connectivity index (χ3v) is 6.61. The molecule has 1 aliphatic heterocycles. The largest absolute Gasteiger partial charge is 0.349 e. The fourth-order valence-electron chi connectivity index (χ4n) is 4.59. The molecule has 0 radical (unpaired) electrons. The van der Waals surface area contributed by atoms with Crippen molar-refractivity contribution in [3.05, 3.63) is 94.1 Å². The lowest BCUT2D eigenvalue weighted by atomic mass is 9.96. The van der Waals surface area contributed by atoms with Gasteiger partial charge in [-0.25, -0.2) is 4.98 Å². The zero-order valence-electron chi connectivity index (χ0n) is 18.7. The number of amides is 1. The fraction of sp³-hybridized carbons (Fsp3) is 0.269. The van der Waals surface area contributed by atoms with Crippen LogP contribution in [-0.2, 0) is 6.42 Å². The molecule has 0 saturated heterocycles. The maximum Gasteiger partial charge on any atom is 0.273 e. The molecule has 1 unspecified atom stereocenters. The lowest BCUT2D eigenvalue weighted by molar-refractivity contribution is 0.0734. The maximum absolute atomic E-state index is 13.8. The average molecular weight is 504 g/mol. The maximum atomic E-state index is 13.8. The SMILES string of the molecule is CC(C)n1nc(-c2ccccc2)c2c1C(=O)N(CCCc1ncc[nH]1)C2c1ccc(Br)cc1. The Morgan fingerprint density at radius 2 is 1.85 bits per heavy atom. The van der Waals surface area contributed by atoms with Crippen LogP contribution in [0.15, 0.2) is 71.5 Å². The number of rotatable bonds is 7. The van der Waals surface area contributed by atoms with Gasteiger partial charge < -0.3 is 9.88 Å². The number of hydrogen-bond acceptors (Lipinski definition) is 3. The van der Waals surface area contributed by atoms with Crippen molar-refractivity contribution in [2.45, 2.75) is 38.8 Å². The van der Waals surface area contributed by atoms with Gasteiger partial charge in [-0.1, -0.05) is 58.4 Å². The molecule has 0 spiro atoms. The van der Waals surface area contributed by atoms with Crippen LogP contribution in [0.4, 0.5) is 0 Å². The quantitative estimate of drug-likeness (QED) is 0.346. The van der Waals surface area contributed by atoms with Crippen molar-refractivity contribution in [2.24, 2.45) is 0 Å². The van der Waals surface area contributed by atoms with Crippen LogP contribution in [0.1, 0.15) is 59.8 Å². The lowest BCUT2D eigenvalue weighted by Gasteiger charge is -2.26. The minimum absolute atomic E-state index is 0.0424. The number of halogens is 1. The first-order valence-electron chi connectivity index (χ1n) is 11.3. The summed E-state index contributed by atoms with van der Waals surface area (Å²) in [4.78, 5) is 23.3. The van der Waals surface area contributed by atoms with Crippen molar-refractivity contribution in [3.8, 4) is 11.3 Å². The summed E-state index contributed by atoms with van der Waals surface area (Å²) in [6.45, 7) is 4.79. The normalized spacial score (nSPS) is 15.5. The molecule has 33 heavy (non-hydrogen) atoms. The second-order valence-corrected chi connectivity index (χ2v) is 9.52. The van der Waals surface area contributed by atoms with E-state index in [1.165, 1.54) is 0 Å². The number of aromatic amines is 1. The Balaban J connectivity index is 1.61. The van der Waals surface area contributed by atoms with Gasteiger partial charge in [-0.05, 0) is 38.0 Å². The Morgan fingerprint density at radius 3 is 2.52 bits per heavy atom. The summed E-state index contributed by atoms with van der Waals surface area (Å²) < 4.78 is 2.92. The molecule has 0 aliphatic carbocycles. The summed E-state index contributed by atoms with van der Waals surface area (Å²) >= 11 is 3.54. The average Bonchev–Trinajstić information content (AvgIpc) is 3.53. The van der Waals surface area contributed by atoms with Crippen molar-refractivity contribution in [1.82, 2.24) is 24.6 Å². The van der Waals surface area contributed by atoms with Crippen LogP contribution in [0.25, 0.3) is 11.3 Å². The smallest absolute Gasteiger partial charge is 0.273 e. The second kappa shape index (κ2) is 8.98. The molecule has 2 aromatic carbocycles. The molecule has 0 bridgehead atoms. The van der Waals surface area contributed by atoms with Crippen molar-refractivity contribution in [3.63, 3.8) is 0 Å². The summed E-state index contributed by atoms with van der Waals surface area (Å²) in [5.74, 6) is 0.985. The van der Waals surface area contributed by atoms with Crippen LogP contribution in [0.5, 0.6) is 0 Å². The standard InChI is InChI=1S/C26H26BrN5O/c1-17(2)32-25-22(23(30-32)18-7-4-3-5-8-18)24(19-10-12-20(27)13-11-19)31(26(25)33)16-6-9-21-28-14-15-29-21/h3-5,7-8,10-15,17,24H,6,9,16H2,1-2H3,(H,28,29). The van der Waals surface area contributed by atoms with Gasteiger partial charge in [0.2, 0.25) is 0 Å². The summed E-state index contributed by atoms with van der Waals surface area (Å²) in [5.41, 5.74) is 4.70. The third kappa shape index (κ3) is 4.02. The Kier molecular flexibility index (Phi) is 5.89. The molecule has 2 aromatic heterocycles. The molecule has 7 heteroatoms. The number of H-pyrrole nitrogens is 1. The molecule has 168 valence electrons. The van der Waals surface area contributed by atoms with E-state index in [9.17, 15) is 4.79 Å². The highest BCUT2D eigenvalue weighted by atomic mass is 79.9. The van der Waals surface area contributed by atoms with E-state index < -0.39 is 0 Å². The lowest BCUT2D eigenvalue weighted by Crippen LogP contribution is -2.32. The number of aromatic nitrogens is 4. The predicted molar refractivity (Wildman–Crippen MR) is 132 cm³/mol. The molecule has 1 amide bonds. The van der Waals surface area contributed by atoms with E-state index in [0.29, 0.717) is 12.2 Å². The number of fused-ring (bicyclic) bond motifs is 1. The third-order valence-electron chi connectivity index (χ3n) is 6.09. The Labute approximate surface area is 201 Å². The molecule has 6 nitrogen and oxygen atoms in total. The number of hydrogen-bond donors (Lipinski definition) is 1. The molecule has 3 heterocycles. The first-order chi connectivity index (χ1) is 16.0. The summed E-state index contributed by atoms with van der Waals surface area (Å²) in [7, 11) is 0. The van der Waals surface area contributed by atoms with Crippen molar-refractivity contribution < 1.29 is 4.79 Å². The molecule has 1 atom stereocenters. The highest BCUT2D eigenvalue weighted by molar-refractivity contribution is 9.10. The van der Waals surface area contributed by atoms with Crippen molar-refractivity contribution in [2.75, 3.05) is 6.54 Å². The van der Waals surface area contributed by atoms with E-state index >= 15 is 0 Å². The molecule has 5 rings (SSSR count). The minimum Gasteiger partial charge on any atom is -0.349 e. The Hall–Kier alpha value is -3.19. The van der Waals surface area contributed by atoms with Crippen molar-refractivity contribution in [1.29, 1.82) is 0 Å². The van der Waals surface area contributed by atoms with E-state index in [0.717, 1.165) is 45.5 Å².